The minimum atomic E-state index is -4.56. The van der Waals surface area contributed by atoms with E-state index in [-0.39, 0.29) is 16.7 Å². The third-order valence-corrected chi connectivity index (χ3v) is 5.03. The van der Waals surface area contributed by atoms with Crippen LogP contribution in [0.15, 0.2) is 65.7 Å². The smallest absolute Gasteiger partial charge is 0.324 e. The molecule has 0 saturated carbocycles. The van der Waals surface area contributed by atoms with E-state index >= 15 is 0 Å². The number of hydrogen-bond acceptors (Lipinski definition) is 6. The summed E-state index contributed by atoms with van der Waals surface area (Å²) in [6, 6.07) is 12.8. The Bertz CT molecular complexity index is 1160. The Labute approximate surface area is 163 Å². The molecule has 2 N–H and O–H groups in total. The summed E-state index contributed by atoms with van der Waals surface area (Å²) in [5.74, 6) is 0.0124. The van der Waals surface area contributed by atoms with Gasteiger partial charge in [-0.2, -0.15) is 23.4 Å². The van der Waals surface area contributed by atoms with Gasteiger partial charge in [-0.1, -0.05) is 0 Å². The first kappa shape index (κ1) is 20.1. The van der Waals surface area contributed by atoms with Gasteiger partial charge in [-0.3, -0.25) is 4.72 Å². The maximum Gasteiger partial charge on any atom is 0.416 e. The summed E-state index contributed by atoms with van der Waals surface area (Å²) in [5, 5.41) is 11.6. The quantitative estimate of drug-likeness (QED) is 0.649. The highest BCUT2D eigenvalue weighted by Crippen LogP contribution is 2.30. The maximum atomic E-state index is 12.6. The van der Waals surface area contributed by atoms with Gasteiger partial charge in [0.25, 0.3) is 10.0 Å². The first-order valence-electron chi connectivity index (χ1n) is 7.98. The van der Waals surface area contributed by atoms with Crippen LogP contribution in [0.25, 0.3) is 0 Å². The van der Waals surface area contributed by atoms with Crippen LogP contribution in [0, 0.1) is 11.3 Å². The Morgan fingerprint density at radius 3 is 2.21 bits per heavy atom. The summed E-state index contributed by atoms with van der Waals surface area (Å²) in [6.45, 7) is 0. The summed E-state index contributed by atoms with van der Waals surface area (Å²) in [6.07, 6.45) is -3.25. The number of nitriles is 1. The number of alkyl halides is 3. The van der Waals surface area contributed by atoms with Crippen molar-refractivity contribution < 1.29 is 21.6 Å². The minimum Gasteiger partial charge on any atom is -0.324 e. The van der Waals surface area contributed by atoms with Gasteiger partial charge in [0.05, 0.1) is 22.1 Å². The molecule has 1 aromatic heterocycles. The number of halogens is 3. The molecule has 1 heterocycles. The number of hydrogen-bond donors (Lipinski definition) is 2. The molecule has 0 aliphatic heterocycles. The fourth-order valence-electron chi connectivity index (χ4n) is 2.25. The van der Waals surface area contributed by atoms with Crippen molar-refractivity contribution in [2.24, 2.45) is 0 Å². The number of benzene rings is 2. The molecule has 0 radical (unpaired) electrons. The number of anilines is 3. The summed E-state index contributed by atoms with van der Waals surface area (Å²) < 4.78 is 64.9. The van der Waals surface area contributed by atoms with Gasteiger partial charge in [-0.25, -0.2) is 13.4 Å². The van der Waals surface area contributed by atoms with Gasteiger partial charge in [-0.15, -0.1) is 0 Å². The van der Waals surface area contributed by atoms with Crippen molar-refractivity contribution in [3.05, 3.63) is 71.9 Å². The summed E-state index contributed by atoms with van der Waals surface area (Å²) >= 11 is 0. The maximum absolute atomic E-state index is 12.6. The zero-order valence-corrected chi connectivity index (χ0v) is 15.3. The zero-order valence-electron chi connectivity index (χ0n) is 14.5. The molecule has 11 heteroatoms. The zero-order chi connectivity index (χ0) is 21.1. The highest BCUT2D eigenvalue weighted by atomic mass is 32.2. The second kappa shape index (κ2) is 7.76. The van der Waals surface area contributed by atoms with E-state index in [9.17, 15) is 21.6 Å². The molecule has 0 aliphatic rings. The van der Waals surface area contributed by atoms with Gasteiger partial charge < -0.3 is 5.32 Å². The van der Waals surface area contributed by atoms with E-state index in [1.165, 1.54) is 12.3 Å². The second-order valence-corrected chi connectivity index (χ2v) is 7.39. The summed E-state index contributed by atoms with van der Waals surface area (Å²) in [4.78, 5) is 7.65. The summed E-state index contributed by atoms with van der Waals surface area (Å²) in [7, 11) is -4.15. The molecule has 7 nitrogen and oxygen atoms in total. The Morgan fingerprint density at radius 2 is 1.62 bits per heavy atom. The lowest BCUT2D eigenvalue weighted by atomic mass is 10.2. The van der Waals surface area contributed by atoms with E-state index in [1.54, 1.807) is 24.3 Å². The Morgan fingerprint density at radius 1 is 0.966 bits per heavy atom. The fraction of sp³-hybridized carbons (Fsp3) is 0.0556. The molecular weight excluding hydrogens is 407 g/mol. The van der Waals surface area contributed by atoms with E-state index in [0.717, 1.165) is 12.1 Å². The lowest BCUT2D eigenvalue weighted by Gasteiger charge is -2.11. The SMILES string of the molecule is N#Cc1ccc(Nc2nccc(NS(=O)(=O)c3ccc(C(F)(F)F)cc3)n2)cc1. The number of nitrogens with one attached hydrogen (secondary N) is 2. The first-order valence-corrected chi connectivity index (χ1v) is 9.46. The van der Waals surface area contributed by atoms with E-state index in [4.69, 9.17) is 5.26 Å². The van der Waals surface area contributed by atoms with Gasteiger partial charge >= 0.3 is 6.18 Å². The standard InChI is InChI=1S/C18H12F3N5O2S/c19-18(20,21)13-3-7-15(8-4-13)29(27,28)26-16-9-10-23-17(25-16)24-14-5-1-12(11-22)2-6-14/h1-10H,(H2,23,24,25,26). The Hall–Kier alpha value is -3.65. The number of nitrogens with zero attached hydrogens (tertiary/aromatic N) is 3. The van der Waals surface area contributed by atoms with Crippen LogP contribution in [0.3, 0.4) is 0 Å². The number of aromatic nitrogens is 2. The number of rotatable bonds is 5. The van der Waals surface area contributed by atoms with Crippen LogP contribution in [0.2, 0.25) is 0 Å². The highest BCUT2D eigenvalue weighted by molar-refractivity contribution is 7.92. The molecule has 2 aromatic carbocycles. The van der Waals surface area contributed by atoms with Crippen LogP contribution in [0.5, 0.6) is 0 Å². The lowest BCUT2D eigenvalue weighted by Crippen LogP contribution is -2.15. The van der Waals surface area contributed by atoms with E-state index in [1.807, 2.05) is 6.07 Å². The average Bonchev–Trinajstić information content (AvgIpc) is 2.68. The monoisotopic (exact) mass is 419 g/mol. The van der Waals surface area contributed by atoms with E-state index in [2.05, 4.69) is 20.0 Å². The predicted molar refractivity (Wildman–Crippen MR) is 98.7 cm³/mol. The fourth-order valence-corrected chi connectivity index (χ4v) is 3.25. The molecule has 29 heavy (non-hydrogen) atoms. The normalized spacial score (nSPS) is 11.5. The van der Waals surface area contributed by atoms with Gasteiger partial charge in [0.1, 0.15) is 5.82 Å². The van der Waals surface area contributed by atoms with Crippen molar-refractivity contribution in [1.82, 2.24) is 9.97 Å². The van der Waals surface area contributed by atoms with E-state index in [0.29, 0.717) is 23.4 Å². The highest BCUT2D eigenvalue weighted by Gasteiger charge is 2.30. The molecule has 148 valence electrons. The molecule has 0 spiro atoms. The molecule has 0 amide bonds. The van der Waals surface area contributed by atoms with Crippen molar-refractivity contribution in [3.63, 3.8) is 0 Å². The Balaban J connectivity index is 1.77. The molecule has 3 aromatic rings. The minimum absolute atomic E-state index is 0.0731. The van der Waals surface area contributed by atoms with Crippen molar-refractivity contribution in [2.45, 2.75) is 11.1 Å². The van der Waals surface area contributed by atoms with Crippen molar-refractivity contribution in [2.75, 3.05) is 10.0 Å². The van der Waals surface area contributed by atoms with Gasteiger partial charge in [-0.05, 0) is 54.6 Å². The molecule has 0 atom stereocenters. The van der Waals surface area contributed by atoms with Crippen molar-refractivity contribution in [1.29, 1.82) is 5.26 Å². The molecule has 0 unspecified atom stereocenters. The Kier molecular flexibility index (Phi) is 5.38. The van der Waals surface area contributed by atoms with Gasteiger partial charge in [0.2, 0.25) is 5.95 Å². The average molecular weight is 419 g/mol. The van der Waals surface area contributed by atoms with Crippen LogP contribution >= 0.6 is 0 Å². The molecule has 0 aliphatic carbocycles. The van der Waals surface area contributed by atoms with E-state index < -0.39 is 21.8 Å². The van der Waals surface area contributed by atoms with Crippen LogP contribution < -0.4 is 10.0 Å². The molecule has 0 fully saturated rings. The third-order valence-electron chi connectivity index (χ3n) is 3.66. The first-order chi connectivity index (χ1) is 13.7. The van der Waals surface area contributed by atoms with Gasteiger partial charge in [0.15, 0.2) is 0 Å². The second-order valence-electron chi connectivity index (χ2n) is 5.71. The predicted octanol–water partition coefficient (Wildman–Crippen LogP) is 3.91. The van der Waals surface area contributed by atoms with Crippen LogP contribution in [-0.2, 0) is 16.2 Å². The topological polar surface area (TPSA) is 108 Å². The summed E-state index contributed by atoms with van der Waals surface area (Å²) in [5.41, 5.74) is 0.0913. The third kappa shape index (κ3) is 4.99. The van der Waals surface area contributed by atoms with Gasteiger partial charge in [0, 0.05) is 11.9 Å². The van der Waals surface area contributed by atoms with Crippen LogP contribution in [0.1, 0.15) is 11.1 Å². The van der Waals surface area contributed by atoms with Crippen molar-refractivity contribution >= 4 is 27.5 Å². The van der Waals surface area contributed by atoms with Crippen molar-refractivity contribution in [3.8, 4) is 6.07 Å². The molecular formula is C18H12F3N5O2S. The lowest BCUT2D eigenvalue weighted by molar-refractivity contribution is -0.137. The molecule has 0 saturated heterocycles. The van der Waals surface area contributed by atoms with Crippen LogP contribution in [0.4, 0.5) is 30.6 Å². The molecule has 3 rings (SSSR count). The van der Waals surface area contributed by atoms with Crippen LogP contribution in [-0.4, -0.2) is 18.4 Å². The largest absolute Gasteiger partial charge is 0.416 e. The number of sulfonamides is 1. The molecule has 0 bridgehead atoms.